The lowest BCUT2D eigenvalue weighted by molar-refractivity contribution is 0.135. The number of likely N-dealkylation sites (tertiary alicyclic amines) is 1. The third kappa shape index (κ3) is 5.04. The molecule has 1 atom stereocenters. The summed E-state index contributed by atoms with van der Waals surface area (Å²) in [5.41, 5.74) is 1.39. The van der Waals surface area contributed by atoms with Crippen molar-refractivity contribution in [1.29, 1.82) is 0 Å². The molecule has 0 saturated carbocycles. The van der Waals surface area contributed by atoms with E-state index in [0.717, 1.165) is 13.1 Å². The van der Waals surface area contributed by atoms with Crippen LogP contribution in [0, 0.1) is 0 Å². The molecule has 0 bridgehead atoms. The highest BCUT2D eigenvalue weighted by Crippen LogP contribution is 2.26. The van der Waals surface area contributed by atoms with Gasteiger partial charge < -0.3 is 5.32 Å². The number of nitrogens with one attached hydrogen (secondary N) is 1. The van der Waals surface area contributed by atoms with Gasteiger partial charge in [0.15, 0.2) is 0 Å². The maximum atomic E-state index is 4.86. The van der Waals surface area contributed by atoms with Crippen molar-refractivity contribution in [3.8, 4) is 0 Å². The lowest BCUT2D eigenvalue weighted by atomic mass is 9.93. The van der Waals surface area contributed by atoms with Crippen LogP contribution in [0.3, 0.4) is 0 Å². The standard InChI is InChI=1S/C17H31N3S/c1-13(2)18-10-14-8-6-7-9-20(14)11-16-19-15(12-21-16)17(3,4)5/h12-14,18H,6-11H2,1-5H3. The van der Waals surface area contributed by atoms with Gasteiger partial charge in [-0.1, -0.05) is 41.0 Å². The van der Waals surface area contributed by atoms with E-state index in [9.17, 15) is 0 Å². The molecule has 0 radical (unpaired) electrons. The average molecular weight is 310 g/mol. The van der Waals surface area contributed by atoms with Gasteiger partial charge >= 0.3 is 0 Å². The summed E-state index contributed by atoms with van der Waals surface area (Å²) in [6.45, 7) is 14.5. The largest absolute Gasteiger partial charge is 0.313 e. The molecule has 1 aliphatic heterocycles. The number of hydrogen-bond donors (Lipinski definition) is 1. The third-order valence-corrected chi connectivity index (χ3v) is 5.00. The first kappa shape index (κ1) is 16.9. The molecule has 0 spiro atoms. The summed E-state index contributed by atoms with van der Waals surface area (Å²) in [6.07, 6.45) is 4.01. The van der Waals surface area contributed by atoms with Crippen LogP contribution in [0.25, 0.3) is 0 Å². The molecule has 21 heavy (non-hydrogen) atoms. The number of nitrogens with zero attached hydrogens (tertiary/aromatic N) is 2. The Labute approximate surface area is 134 Å². The first-order chi connectivity index (χ1) is 9.86. The van der Waals surface area contributed by atoms with Gasteiger partial charge in [-0.15, -0.1) is 11.3 Å². The first-order valence-corrected chi connectivity index (χ1v) is 9.16. The van der Waals surface area contributed by atoms with Crippen molar-refractivity contribution in [2.24, 2.45) is 0 Å². The van der Waals surface area contributed by atoms with E-state index in [1.807, 2.05) is 11.3 Å². The van der Waals surface area contributed by atoms with E-state index in [2.05, 4.69) is 50.2 Å². The Morgan fingerprint density at radius 1 is 1.38 bits per heavy atom. The minimum atomic E-state index is 0.162. The normalized spacial score (nSPS) is 21.1. The molecule has 2 heterocycles. The summed E-state index contributed by atoms with van der Waals surface area (Å²) in [6, 6.07) is 1.24. The summed E-state index contributed by atoms with van der Waals surface area (Å²) in [4.78, 5) is 7.49. The Bertz CT molecular complexity index is 433. The minimum Gasteiger partial charge on any atom is -0.313 e. The number of thiazole rings is 1. The summed E-state index contributed by atoms with van der Waals surface area (Å²) in [5.74, 6) is 0. The van der Waals surface area contributed by atoms with Gasteiger partial charge in [0.1, 0.15) is 5.01 Å². The Morgan fingerprint density at radius 2 is 2.14 bits per heavy atom. The fraction of sp³-hybridized carbons (Fsp3) is 0.824. The monoisotopic (exact) mass is 309 g/mol. The predicted molar refractivity (Wildman–Crippen MR) is 92.0 cm³/mol. The van der Waals surface area contributed by atoms with Crippen molar-refractivity contribution < 1.29 is 0 Å². The lowest BCUT2D eigenvalue weighted by Crippen LogP contribution is -2.46. The molecule has 1 N–H and O–H groups in total. The average Bonchev–Trinajstić information content (AvgIpc) is 2.86. The minimum absolute atomic E-state index is 0.162. The van der Waals surface area contributed by atoms with E-state index in [0.29, 0.717) is 12.1 Å². The number of rotatable bonds is 5. The molecule has 1 saturated heterocycles. The molecule has 1 fully saturated rings. The topological polar surface area (TPSA) is 28.2 Å². The van der Waals surface area contributed by atoms with Gasteiger partial charge in [0.05, 0.1) is 12.2 Å². The fourth-order valence-electron chi connectivity index (χ4n) is 2.77. The highest BCUT2D eigenvalue weighted by atomic mass is 32.1. The van der Waals surface area contributed by atoms with Gasteiger partial charge in [-0.25, -0.2) is 4.98 Å². The van der Waals surface area contributed by atoms with E-state index < -0.39 is 0 Å². The van der Waals surface area contributed by atoms with Gasteiger partial charge in [-0.2, -0.15) is 0 Å². The number of piperidine rings is 1. The highest BCUT2D eigenvalue weighted by Gasteiger charge is 2.24. The Kier molecular flexibility index (Phi) is 5.81. The molecule has 3 nitrogen and oxygen atoms in total. The molecular formula is C17H31N3S. The van der Waals surface area contributed by atoms with Crippen LogP contribution in [0.5, 0.6) is 0 Å². The number of hydrogen-bond acceptors (Lipinski definition) is 4. The molecule has 1 aromatic rings. The predicted octanol–water partition coefficient (Wildman–Crippen LogP) is 3.79. The molecule has 120 valence electrons. The van der Waals surface area contributed by atoms with E-state index in [4.69, 9.17) is 4.98 Å². The summed E-state index contributed by atoms with van der Waals surface area (Å²) in [5, 5.41) is 7.11. The summed E-state index contributed by atoms with van der Waals surface area (Å²) in [7, 11) is 0. The van der Waals surface area contributed by atoms with E-state index in [1.54, 1.807) is 0 Å². The maximum absolute atomic E-state index is 4.86. The van der Waals surface area contributed by atoms with Crippen LogP contribution in [0.4, 0.5) is 0 Å². The third-order valence-electron chi connectivity index (χ3n) is 4.17. The Morgan fingerprint density at radius 3 is 2.76 bits per heavy atom. The molecule has 0 amide bonds. The van der Waals surface area contributed by atoms with E-state index in [1.165, 1.54) is 36.5 Å². The molecule has 1 aromatic heterocycles. The molecule has 0 aromatic carbocycles. The molecule has 0 aliphatic carbocycles. The molecular weight excluding hydrogens is 278 g/mol. The van der Waals surface area contributed by atoms with Crippen LogP contribution in [-0.4, -0.2) is 35.1 Å². The summed E-state index contributed by atoms with van der Waals surface area (Å²) >= 11 is 1.82. The fourth-order valence-corrected chi connectivity index (χ4v) is 3.82. The van der Waals surface area contributed by atoms with Crippen molar-refractivity contribution in [2.75, 3.05) is 13.1 Å². The van der Waals surface area contributed by atoms with Crippen LogP contribution >= 0.6 is 11.3 Å². The van der Waals surface area contributed by atoms with Crippen molar-refractivity contribution >= 4 is 11.3 Å². The van der Waals surface area contributed by atoms with Gasteiger partial charge in [0.2, 0.25) is 0 Å². The molecule has 2 rings (SSSR count). The maximum Gasteiger partial charge on any atom is 0.107 e. The zero-order chi connectivity index (χ0) is 15.5. The summed E-state index contributed by atoms with van der Waals surface area (Å²) < 4.78 is 0. The molecule has 1 aliphatic rings. The second-order valence-electron chi connectivity index (χ2n) is 7.56. The quantitative estimate of drug-likeness (QED) is 0.897. The highest BCUT2D eigenvalue weighted by molar-refractivity contribution is 7.09. The van der Waals surface area contributed by atoms with Crippen molar-refractivity contribution in [3.63, 3.8) is 0 Å². The number of aromatic nitrogens is 1. The smallest absolute Gasteiger partial charge is 0.107 e. The van der Waals surface area contributed by atoms with Crippen LogP contribution in [-0.2, 0) is 12.0 Å². The zero-order valence-electron chi connectivity index (χ0n) is 14.3. The van der Waals surface area contributed by atoms with Crippen molar-refractivity contribution in [3.05, 3.63) is 16.1 Å². The van der Waals surface area contributed by atoms with Crippen LogP contribution in [0.15, 0.2) is 5.38 Å². The van der Waals surface area contributed by atoms with E-state index in [-0.39, 0.29) is 5.41 Å². The van der Waals surface area contributed by atoms with Crippen molar-refractivity contribution in [1.82, 2.24) is 15.2 Å². The lowest BCUT2D eigenvalue weighted by Gasteiger charge is -2.35. The van der Waals surface area contributed by atoms with Gasteiger partial charge in [-0.3, -0.25) is 4.90 Å². The SMILES string of the molecule is CC(C)NCC1CCCCN1Cc1nc(C(C)(C)C)cs1. The van der Waals surface area contributed by atoms with Crippen LogP contribution < -0.4 is 5.32 Å². The van der Waals surface area contributed by atoms with Crippen LogP contribution in [0.1, 0.15) is 64.6 Å². The van der Waals surface area contributed by atoms with Crippen molar-refractivity contribution in [2.45, 2.75) is 77.9 Å². The van der Waals surface area contributed by atoms with Gasteiger partial charge in [0, 0.05) is 29.4 Å². The van der Waals surface area contributed by atoms with Gasteiger partial charge in [-0.05, 0) is 19.4 Å². The van der Waals surface area contributed by atoms with Gasteiger partial charge in [0.25, 0.3) is 0 Å². The van der Waals surface area contributed by atoms with Crippen LogP contribution in [0.2, 0.25) is 0 Å². The second-order valence-corrected chi connectivity index (χ2v) is 8.50. The molecule has 1 unspecified atom stereocenters. The Balaban J connectivity index is 1.97. The molecule has 4 heteroatoms. The zero-order valence-corrected chi connectivity index (χ0v) is 15.1. The first-order valence-electron chi connectivity index (χ1n) is 8.28. The van der Waals surface area contributed by atoms with E-state index >= 15 is 0 Å². The second kappa shape index (κ2) is 7.21. The Hall–Kier alpha value is -0.450.